The molecule has 1 aromatic rings. The zero-order chi connectivity index (χ0) is 23.8. The summed E-state index contributed by atoms with van der Waals surface area (Å²) in [7, 11) is 0. The number of halogens is 2. The van der Waals surface area contributed by atoms with Crippen LogP contribution in [0.1, 0.15) is 52.0 Å². The van der Waals surface area contributed by atoms with Crippen LogP contribution >= 0.6 is 0 Å². The second kappa shape index (κ2) is 12.0. The SMILES string of the molecule is C=NOC(=NCC(C)C)N1CCC(CCCOc2cc(F)c(C3=NC(C)CO3)c(F)c2)CC1. The van der Waals surface area contributed by atoms with E-state index in [0.717, 1.165) is 38.8 Å². The molecular weight excluding hydrogens is 430 g/mol. The lowest BCUT2D eigenvalue weighted by Gasteiger charge is -2.32. The predicted molar refractivity (Wildman–Crippen MR) is 125 cm³/mol. The van der Waals surface area contributed by atoms with E-state index >= 15 is 0 Å². The maximum atomic E-state index is 14.4. The Bertz CT molecular complexity index is 844. The van der Waals surface area contributed by atoms with E-state index in [1.807, 2.05) is 6.92 Å². The Kier molecular flexibility index (Phi) is 9.03. The van der Waals surface area contributed by atoms with E-state index in [0.29, 0.717) is 37.6 Å². The first-order chi connectivity index (χ1) is 15.9. The summed E-state index contributed by atoms with van der Waals surface area (Å²) in [6.07, 6.45) is 3.82. The van der Waals surface area contributed by atoms with Gasteiger partial charge in [0, 0.05) is 38.5 Å². The molecule has 0 bridgehead atoms. The van der Waals surface area contributed by atoms with Crippen LogP contribution in [-0.4, -0.2) is 62.4 Å². The maximum absolute atomic E-state index is 14.4. The van der Waals surface area contributed by atoms with Gasteiger partial charge in [-0.3, -0.25) is 0 Å². The average Bonchev–Trinajstić information content (AvgIpc) is 3.20. The minimum absolute atomic E-state index is 0.0158. The van der Waals surface area contributed by atoms with Crippen molar-refractivity contribution in [3.8, 4) is 5.75 Å². The van der Waals surface area contributed by atoms with Crippen LogP contribution in [0.15, 0.2) is 27.3 Å². The molecule has 33 heavy (non-hydrogen) atoms. The molecule has 0 saturated carbocycles. The Hall–Kier alpha value is -2.71. The van der Waals surface area contributed by atoms with Crippen molar-refractivity contribution in [3.63, 3.8) is 0 Å². The van der Waals surface area contributed by atoms with Gasteiger partial charge in [-0.25, -0.2) is 18.8 Å². The standard InChI is InChI=1S/C24H34F2N4O3/c1-16(2)14-28-24(33-27-4)30-9-7-18(8-10-30)6-5-11-31-19-12-20(25)22(21(26)13-19)23-29-17(3)15-32-23/h12-13,16-18H,4-11,14-15H2,1-3H3. The molecule has 0 radical (unpaired) electrons. The van der Waals surface area contributed by atoms with Gasteiger partial charge in [-0.1, -0.05) is 19.0 Å². The molecular formula is C24H34F2N4O3. The Morgan fingerprint density at radius 2 is 1.97 bits per heavy atom. The lowest BCUT2D eigenvalue weighted by atomic mass is 9.92. The highest BCUT2D eigenvalue weighted by molar-refractivity contribution is 5.95. The summed E-state index contributed by atoms with van der Waals surface area (Å²) in [5.41, 5.74) is -0.231. The molecule has 1 unspecified atom stereocenters. The summed E-state index contributed by atoms with van der Waals surface area (Å²) < 4.78 is 39.8. The number of ether oxygens (including phenoxy) is 2. The van der Waals surface area contributed by atoms with Crippen LogP contribution in [-0.2, 0) is 9.57 Å². The van der Waals surface area contributed by atoms with Gasteiger partial charge in [-0.05, 0) is 44.4 Å². The third-order valence-corrected chi connectivity index (χ3v) is 5.68. The molecule has 2 aliphatic heterocycles. The van der Waals surface area contributed by atoms with Gasteiger partial charge in [0.2, 0.25) is 5.90 Å². The van der Waals surface area contributed by atoms with Gasteiger partial charge in [0.1, 0.15) is 29.6 Å². The van der Waals surface area contributed by atoms with Gasteiger partial charge < -0.3 is 19.2 Å². The molecule has 0 amide bonds. The molecule has 0 spiro atoms. The Balaban J connectivity index is 1.42. The smallest absolute Gasteiger partial charge is 0.317 e. The monoisotopic (exact) mass is 464 g/mol. The molecule has 2 heterocycles. The Morgan fingerprint density at radius 3 is 2.55 bits per heavy atom. The second-order valence-corrected chi connectivity index (χ2v) is 9.01. The minimum atomic E-state index is -0.726. The van der Waals surface area contributed by atoms with Gasteiger partial charge in [0.15, 0.2) is 0 Å². The van der Waals surface area contributed by atoms with Crippen molar-refractivity contribution in [2.75, 3.05) is 32.8 Å². The number of hydrogen-bond acceptors (Lipinski definition) is 6. The van der Waals surface area contributed by atoms with Crippen molar-refractivity contribution in [3.05, 3.63) is 29.3 Å². The van der Waals surface area contributed by atoms with Gasteiger partial charge >= 0.3 is 6.02 Å². The summed E-state index contributed by atoms with van der Waals surface area (Å²) in [5.74, 6) is -0.258. The summed E-state index contributed by atoms with van der Waals surface area (Å²) in [6, 6.07) is 2.82. The number of rotatable bonds is 9. The molecule has 0 aliphatic carbocycles. The quantitative estimate of drug-likeness (QED) is 0.231. The predicted octanol–water partition coefficient (Wildman–Crippen LogP) is 4.65. The van der Waals surface area contributed by atoms with Gasteiger partial charge in [0.05, 0.1) is 12.6 Å². The van der Waals surface area contributed by atoms with Gasteiger partial charge in [-0.2, -0.15) is 0 Å². The van der Waals surface area contributed by atoms with Crippen molar-refractivity contribution in [2.45, 2.75) is 52.5 Å². The lowest BCUT2D eigenvalue weighted by Crippen LogP contribution is -2.39. The number of piperidine rings is 1. The topological polar surface area (TPSA) is 68.0 Å². The van der Waals surface area contributed by atoms with Crippen molar-refractivity contribution >= 4 is 18.6 Å². The highest BCUT2D eigenvalue weighted by atomic mass is 19.1. The normalized spacial score (nSPS) is 19.5. The molecule has 3 rings (SSSR count). The van der Waals surface area contributed by atoms with Crippen LogP contribution in [0.5, 0.6) is 5.75 Å². The zero-order valence-electron chi connectivity index (χ0n) is 19.7. The number of aliphatic imine (C=N–C) groups is 2. The largest absolute Gasteiger partial charge is 0.493 e. The van der Waals surface area contributed by atoms with Crippen LogP contribution in [0.25, 0.3) is 0 Å². The highest BCUT2D eigenvalue weighted by Gasteiger charge is 2.25. The minimum Gasteiger partial charge on any atom is -0.493 e. The Labute approximate surface area is 194 Å². The van der Waals surface area contributed by atoms with Crippen LogP contribution in [0.2, 0.25) is 0 Å². The van der Waals surface area contributed by atoms with E-state index in [4.69, 9.17) is 14.3 Å². The molecule has 2 aliphatic rings. The molecule has 1 atom stereocenters. The maximum Gasteiger partial charge on any atom is 0.317 e. The molecule has 1 fully saturated rings. The fourth-order valence-electron chi connectivity index (χ4n) is 3.93. The molecule has 1 aromatic carbocycles. The second-order valence-electron chi connectivity index (χ2n) is 9.01. The number of oxime groups is 1. The van der Waals surface area contributed by atoms with Gasteiger partial charge in [0.25, 0.3) is 0 Å². The zero-order valence-corrected chi connectivity index (χ0v) is 19.7. The highest BCUT2D eigenvalue weighted by Crippen LogP contribution is 2.26. The third-order valence-electron chi connectivity index (χ3n) is 5.68. The van der Waals surface area contributed by atoms with E-state index in [2.05, 4.69) is 40.6 Å². The fraction of sp³-hybridized carbons (Fsp3) is 0.625. The summed E-state index contributed by atoms with van der Waals surface area (Å²) in [4.78, 5) is 16.0. The molecule has 182 valence electrons. The first-order valence-corrected chi connectivity index (χ1v) is 11.6. The third kappa shape index (κ3) is 7.14. The summed E-state index contributed by atoms with van der Waals surface area (Å²) in [6.45, 7) is 12.5. The average molecular weight is 465 g/mol. The van der Waals surface area contributed by atoms with E-state index < -0.39 is 11.6 Å². The van der Waals surface area contributed by atoms with E-state index in [-0.39, 0.29) is 23.3 Å². The number of likely N-dealkylation sites (tertiary alicyclic amines) is 1. The lowest BCUT2D eigenvalue weighted by molar-refractivity contribution is 0.184. The van der Waals surface area contributed by atoms with Crippen LogP contribution in [0.4, 0.5) is 8.78 Å². The molecule has 9 heteroatoms. The molecule has 0 aromatic heterocycles. The molecule has 7 nitrogen and oxygen atoms in total. The summed E-state index contributed by atoms with van der Waals surface area (Å²) in [5, 5.41) is 3.54. The van der Waals surface area contributed by atoms with Crippen LogP contribution in [0, 0.1) is 23.5 Å². The number of hydrogen-bond donors (Lipinski definition) is 0. The van der Waals surface area contributed by atoms with Crippen LogP contribution in [0.3, 0.4) is 0 Å². The van der Waals surface area contributed by atoms with Crippen molar-refractivity contribution < 1.29 is 23.1 Å². The fourth-order valence-corrected chi connectivity index (χ4v) is 3.93. The van der Waals surface area contributed by atoms with E-state index in [1.54, 1.807) is 0 Å². The van der Waals surface area contributed by atoms with Crippen molar-refractivity contribution in [1.82, 2.24) is 4.90 Å². The van der Waals surface area contributed by atoms with Crippen LogP contribution < -0.4 is 4.74 Å². The first-order valence-electron chi connectivity index (χ1n) is 11.6. The molecule has 1 saturated heterocycles. The van der Waals surface area contributed by atoms with E-state index in [9.17, 15) is 8.78 Å². The van der Waals surface area contributed by atoms with Gasteiger partial charge in [-0.15, -0.1) is 0 Å². The number of nitrogens with zero attached hydrogens (tertiary/aromatic N) is 4. The summed E-state index contributed by atoms with van der Waals surface area (Å²) >= 11 is 0. The Morgan fingerprint density at radius 1 is 1.27 bits per heavy atom. The van der Waals surface area contributed by atoms with Crippen molar-refractivity contribution in [1.29, 1.82) is 0 Å². The first kappa shape index (κ1) is 24.9. The van der Waals surface area contributed by atoms with Crippen molar-refractivity contribution in [2.24, 2.45) is 27.0 Å². The number of amidine groups is 1. The van der Waals surface area contributed by atoms with E-state index in [1.165, 1.54) is 12.1 Å². The number of benzene rings is 1. The molecule has 0 N–H and O–H groups in total.